The van der Waals surface area contributed by atoms with E-state index in [9.17, 15) is 9.59 Å². The fourth-order valence-corrected chi connectivity index (χ4v) is 3.88. The maximum absolute atomic E-state index is 12.5. The molecule has 6 nitrogen and oxygen atoms in total. The van der Waals surface area contributed by atoms with E-state index in [1.807, 2.05) is 30.9 Å². The third kappa shape index (κ3) is 2.51. The molecule has 2 atom stereocenters. The lowest BCUT2D eigenvalue weighted by Gasteiger charge is -2.41. The molecular weight excluding hydrogens is 304 g/mol. The Balaban J connectivity index is 1.64. The largest absolute Gasteiger partial charge is 0.337 e. The van der Waals surface area contributed by atoms with Crippen molar-refractivity contribution in [1.82, 2.24) is 19.2 Å². The van der Waals surface area contributed by atoms with Crippen LogP contribution >= 0.6 is 0 Å². The molecule has 1 amide bonds. The number of rotatable bonds is 2. The molecule has 0 N–H and O–H groups in total. The van der Waals surface area contributed by atoms with Crippen LogP contribution in [0.5, 0.6) is 0 Å². The number of fused-ring (bicyclic) bond motifs is 2. The van der Waals surface area contributed by atoms with Gasteiger partial charge in [0.1, 0.15) is 5.65 Å². The molecule has 6 heteroatoms. The summed E-state index contributed by atoms with van der Waals surface area (Å²) in [6, 6.07) is 5.56. The maximum atomic E-state index is 12.5. The zero-order valence-electron chi connectivity index (χ0n) is 14.1. The number of hydrogen-bond donors (Lipinski definition) is 0. The van der Waals surface area contributed by atoms with Crippen molar-refractivity contribution >= 4 is 11.6 Å². The zero-order valence-corrected chi connectivity index (χ0v) is 14.1. The van der Waals surface area contributed by atoms with Gasteiger partial charge in [-0.3, -0.25) is 18.9 Å². The molecule has 2 aromatic heterocycles. The monoisotopic (exact) mass is 326 g/mol. The van der Waals surface area contributed by atoms with Crippen molar-refractivity contribution in [1.29, 1.82) is 0 Å². The summed E-state index contributed by atoms with van der Waals surface area (Å²) in [5.74, 6) is 0.206. The molecule has 2 aliphatic rings. The normalized spacial score (nSPS) is 24.6. The first-order chi connectivity index (χ1) is 11.5. The summed E-state index contributed by atoms with van der Waals surface area (Å²) in [6.07, 6.45) is 3.92. The Labute approximate surface area is 140 Å². The Morgan fingerprint density at radius 2 is 2.12 bits per heavy atom. The number of aryl methyl sites for hydroxylation is 1. The van der Waals surface area contributed by atoms with E-state index in [4.69, 9.17) is 0 Å². The average Bonchev–Trinajstić information content (AvgIpc) is 3.00. The second kappa shape index (κ2) is 5.70. The van der Waals surface area contributed by atoms with Crippen LogP contribution < -0.4 is 5.56 Å². The van der Waals surface area contributed by atoms with Gasteiger partial charge in [-0.15, -0.1) is 0 Å². The summed E-state index contributed by atoms with van der Waals surface area (Å²) in [5, 5.41) is 0. The Morgan fingerprint density at radius 3 is 2.96 bits per heavy atom. The predicted molar refractivity (Wildman–Crippen MR) is 90.8 cm³/mol. The minimum atomic E-state index is -0.155. The Hall–Kier alpha value is -2.21. The fourth-order valence-electron chi connectivity index (χ4n) is 3.88. The SMILES string of the molecule is Cc1ccn2c(=O)cc(CN3C[C@H]4CCCN4C(=O)[C@@H]3C)nc2c1. The first-order valence-corrected chi connectivity index (χ1v) is 8.56. The van der Waals surface area contributed by atoms with Gasteiger partial charge in [0.25, 0.3) is 5.56 Å². The molecule has 0 aliphatic carbocycles. The Kier molecular flexibility index (Phi) is 3.64. The molecular formula is C18H22N4O2. The number of carbonyl (C=O) groups is 1. The molecule has 2 saturated heterocycles. The molecule has 126 valence electrons. The van der Waals surface area contributed by atoms with E-state index in [1.54, 1.807) is 16.7 Å². The number of nitrogens with zero attached hydrogens (tertiary/aromatic N) is 4. The molecule has 24 heavy (non-hydrogen) atoms. The molecule has 0 bridgehead atoms. The van der Waals surface area contributed by atoms with Gasteiger partial charge < -0.3 is 4.90 Å². The van der Waals surface area contributed by atoms with Crippen LogP contribution in [0.25, 0.3) is 5.65 Å². The highest BCUT2D eigenvalue weighted by Gasteiger charge is 2.40. The molecule has 0 spiro atoms. The van der Waals surface area contributed by atoms with Gasteiger partial charge in [0, 0.05) is 37.9 Å². The number of aromatic nitrogens is 2. The van der Waals surface area contributed by atoms with Crippen molar-refractivity contribution in [3.63, 3.8) is 0 Å². The molecule has 2 aromatic rings. The van der Waals surface area contributed by atoms with Crippen LogP contribution in [0.15, 0.2) is 29.2 Å². The quantitative estimate of drug-likeness (QED) is 0.832. The van der Waals surface area contributed by atoms with Crippen molar-refractivity contribution in [3.8, 4) is 0 Å². The topological polar surface area (TPSA) is 57.9 Å². The lowest BCUT2D eigenvalue weighted by atomic mass is 10.1. The third-order valence-corrected chi connectivity index (χ3v) is 5.25. The van der Waals surface area contributed by atoms with Crippen molar-refractivity contribution in [2.45, 2.75) is 45.3 Å². The van der Waals surface area contributed by atoms with E-state index in [0.717, 1.165) is 37.2 Å². The van der Waals surface area contributed by atoms with Crippen LogP contribution in [-0.4, -0.2) is 50.3 Å². The number of hydrogen-bond acceptors (Lipinski definition) is 4. The van der Waals surface area contributed by atoms with Gasteiger partial charge >= 0.3 is 0 Å². The lowest BCUT2D eigenvalue weighted by molar-refractivity contribution is -0.143. The predicted octanol–water partition coefficient (Wildman–Crippen LogP) is 1.20. The summed E-state index contributed by atoms with van der Waals surface area (Å²) in [6.45, 7) is 6.23. The van der Waals surface area contributed by atoms with Crippen LogP contribution in [0.1, 0.15) is 31.0 Å². The van der Waals surface area contributed by atoms with E-state index in [0.29, 0.717) is 18.2 Å². The van der Waals surface area contributed by atoms with Gasteiger partial charge in [-0.25, -0.2) is 4.98 Å². The lowest BCUT2D eigenvalue weighted by Crippen LogP contribution is -2.58. The second-order valence-corrected chi connectivity index (χ2v) is 6.95. The third-order valence-electron chi connectivity index (χ3n) is 5.25. The number of piperazine rings is 1. The zero-order chi connectivity index (χ0) is 16.8. The van der Waals surface area contributed by atoms with E-state index in [-0.39, 0.29) is 17.5 Å². The standard InChI is InChI=1S/C18H22N4O2/c1-12-5-7-22-16(8-12)19-14(9-17(22)23)10-20-11-15-4-3-6-21(15)18(24)13(20)2/h5,7-9,13,15H,3-4,6,10-11H2,1-2H3/t13-,15+/m0/s1. The van der Waals surface area contributed by atoms with Gasteiger partial charge in [0.05, 0.1) is 11.7 Å². The summed E-state index contributed by atoms with van der Waals surface area (Å²) in [5.41, 5.74) is 2.39. The molecule has 4 heterocycles. The molecule has 2 fully saturated rings. The highest BCUT2D eigenvalue weighted by Crippen LogP contribution is 2.26. The number of carbonyl (C=O) groups excluding carboxylic acids is 1. The Bertz CT molecular complexity index is 860. The first kappa shape index (κ1) is 15.3. The second-order valence-electron chi connectivity index (χ2n) is 6.95. The van der Waals surface area contributed by atoms with Crippen LogP contribution in [0.4, 0.5) is 0 Å². The molecule has 4 rings (SSSR count). The summed E-state index contributed by atoms with van der Waals surface area (Å²) < 4.78 is 1.56. The van der Waals surface area contributed by atoms with E-state index in [2.05, 4.69) is 9.88 Å². The molecule has 0 radical (unpaired) electrons. The first-order valence-electron chi connectivity index (χ1n) is 8.56. The summed E-state index contributed by atoms with van der Waals surface area (Å²) >= 11 is 0. The van der Waals surface area contributed by atoms with E-state index < -0.39 is 0 Å². The minimum absolute atomic E-state index is 0.0755. The van der Waals surface area contributed by atoms with Crippen LogP contribution in [0.2, 0.25) is 0 Å². The Morgan fingerprint density at radius 1 is 1.29 bits per heavy atom. The van der Waals surface area contributed by atoms with Gasteiger partial charge in [-0.2, -0.15) is 0 Å². The summed E-state index contributed by atoms with van der Waals surface area (Å²) in [7, 11) is 0. The van der Waals surface area contributed by atoms with Crippen molar-refractivity contribution in [2.24, 2.45) is 0 Å². The van der Waals surface area contributed by atoms with E-state index in [1.165, 1.54) is 0 Å². The number of pyridine rings is 1. The van der Waals surface area contributed by atoms with E-state index >= 15 is 0 Å². The van der Waals surface area contributed by atoms with Crippen molar-refractivity contribution in [2.75, 3.05) is 13.1 Å². The van der Waals surface area contributed by atoms with Crippen LogP contribution in [0, 0.1) is 6.92 Å². The average molecular weight is 326 g/mol. The smallest absolute Gasteiger partial charge is 0.258 e. The highest BCUT2D eigenvalue weighted by atomic mass is 16.2. The summed E-state index contributed by atoms with van der Waals surface area (Å²) in [4.78, 5) is 33.6. The van der Waals surface area contributed by atoms with Gasteiger partial charge in [-0.05, 0) is 44.4 Å². The molecule has 0 aromatic carbocycles. The van der Waals surface area contributed by atoms with Gasteiger partial charge in [-0.1, -0.05) is 0 Å². The minimum Gasteiger partial charge on any atom is -0.337 e. The fraction of sp³-hybridized carbons (Fsp3) is 0.500. The maximum Gasteiger partial charge on any atom is 0.258 e. The van der Waals surface area contributed by atoms with Crippen LogP contribution in [-0.2, 0) is 11.3 Å². The van der Waals surface area contributed by atoms with Crippen molar-refractivity contribution in [3.05, 3.63) is 46.0 Å². The van der Waals surface area contributed by atoms with Crippen LogP contribution in [0.3, 0.4) is 0 Å². The number of amides is 1. The molecule has 0 unspecified atom stereocenters. The van der Waals surface area contributed by atoms with Crippen molar-refractivity contribution < 1.29 is 4.79 Å². The molecule has 0 saturated carbocycles. The van der Waals surface area contributed by atoms with Gasteiger partial charge in [0.15, 0.2) is 0 Å². The van der Waals surface area contributed by atoms with Gasteiger partial charge in [0.2, 0.25) is 5.91 Å². The highest BCUT2D eigenvalue weighted by molar-refractivity contribution is 5.83. The molecule has 2 aliphatic heterocycles.